The molecule has 1 atom stereocenters. The van der Waals surface area contributed by atoms with E-state index in [1.165, 1.54) is 12.0 Å². The van der Waals surface area contributed by atoms with E-state index in [0.29, 0.717) is 0 Å². The van der Waals surface area contributed by atoms with Gasteiger partial charge in [0, 0.05) is 0 Å². The second-order valence-corrected chi connectivity index (χ2v) is 22.5. The third-order valence-electron chi connectivity index (χ3n) is 4.25. The van der Waals surface area contributed by atoms with Gasteiger partial charge in [0.15, 0.2) is 0 Å². The molecular formula is C16H24Sn. The first-order valence-electron chi connectivity index (χ1n) is 6.58. The summed E-state index contributed by atoms with van der Waals surface area (Å²) in [5.74, 6) is 0. The molecule has 1 aromatic rings. The van der Waals surface area contributed by atoms with Crippen LogP contribution in [-0.4, -0.2) is 18.4 Å². The SMILES string of the molecule is CC(C)(C1=C[CH]([Sn]([CH3])([CH3])[CH3])C1)c1ccccc1. The van der Waals surface area contributed by atoms with Gasteiger partial charge < -0.3 is 0 Å². The van der Waals surface area contributed by atoms with E-state index in [1.807, 2.05) is 0 Å². The fraction of sp³-hybridized carbons (Fsp3) is 0.500. The molecule has 17 heavy (non-hydrogen) atoms. The Kier molecular flexibility index (Phi) is 3.46. The molecule has 0 aliphatic heterocycles. The zero-order valence-electron chi connectivity index (χ0n) is 11.7. The normalized spacial score (nSPS) is 20.8. The Bertz CT molecular complexity index is 421. The Hall–Kier alpha value is -0.241. The summed E-state index contributed by atoms with van der Waals surface area (Å²) in [6, 6.07) is 10.9. The average Bonchev–Trinajstić information content (AvgIpc) is 2.13. The second-order valence-electron chi connectivity index (χ2n) is 6.86. The molecule has 0 saturated carbocycles. The van der Waals surface area contributed by atoms with Crippen LogP contribution in [0.15, 0.2) is 42.0 Å². The van der Waals surface area contributed by atoms with Gasteiger partial charge in [-0.2, -0.15) is 0 Å². The van der Waals surface area contributed by atoms with Gasteiger partial charge in [-0.1, -0.05) is 0 Å². The van der Waals surface area contributed by atoms with E-state index >= 15 is 0 Å². The van der Waals surface area contributed by atoms with Crippen LogP contribution in [0.3, 0.4) is 0 Å². The molecule has 0 heterocycles. The Labute approximate surface area is 110 Å². The number of benzene rings is 1. The molecule has 1 aromatic carbocycles. The number of allylic oxidation sites excluding steroid dienone is 2. The second kappa shape index (κ2) is 4.45. The molecule has 0 amide bonds. The van der Waals surface area contributed by atoms with Crippen LogP contribution in [0.4, 0.5) is 0 Å². The summed E-state index contributed by atoms with van der Waals surface area (Å²) in [5.41, 5.74) is 3.34. The first-order chi connectivity index (χ1) is 7.82. The third kappa shape index (κ3) is 2.62. The van der Waals surface area contributed by atoms with Gasteiger partial charge in [-0.3, -0.25) is 0 Å². The molecule has 0 saturated heterocycles. The molecule has 92 valence electrons. The predicted molar refractivity (Wildman–Crippen MR) is 79.3 cm³/mol. The van der Waals surface area contributed by atoms with Crippen LogP contribution in [0, 0.1) is 0 Å². The summed E-state index contributed by atoms with van der Waals surface area (Å²) in [7, 11) is 0. The zero-order valence-corrected chi connectivity index (χ0v) is 14.6. The van der Waals surface area contributed by atoms with Gasteiger partial charge in [0.25, 0.3) is 0 Å². The van der Waals surface area contributed by atoms with Gasteiger partial charge >= 0.3 is 110 Å². The van der Waals surface area contributed by atoms with Crippen molar-refractivity contribution in [3.05, 3.63) is 47.5 Å². The van der Waals surface area contributed by atoms with E-state index in [2.05, 4.69) is 65.1 Å². The van der Waals surface area contributed by atoms with Gasteiger partial charge in [0.05, 0.1) is 0 Å². The van der Waals surface area contributed by atoms with Gasteiger partial charge in [-0.15, -0.1) is 0 Å². The molecule has 1 unspecified atom stereocenters. The van der Waals surface area contributed by atoms with Crippen molar-refractivity contribution >= 4 is 18.4 Å². The Morgan fingerprint density at radius 1 is 1.06 bits per heavy atom. The molecule has 0 spiro atoms. The van der Waals surface area contributed by atoms with E-state index in [9.17, 15) is 0 Å². The van der Waals surface area contributed by atoms with Crippen LogP contribution >= 0.6 is 0 Å². The average molecular weight is 335 g/mol. The van der Waals surface area contributed by atoms with Gasteiger partial charge in [0.2, 0.25) is 0 Å². The van der Waals surface area contributed by atoms with Gasteiger partial charge in [-0.05, 0) is 0 Å². The van der Waals surface area contributed by atoms with Crippen LogP contribution in [0.25, 0.3) is 0 Å². The first-order valence-corrected chi connectivity index (χ1v) is 16.8. The molecule has 0 radical (unpaired) electrons. The topological polar surface area (TPSA) is 0 Å². The Balaban J connectivity index is 2.21. The number of hydrogen-bond acceptors (Lipinski definition) is 0. The molecule has 0 nitrogen and oxygen atoms in total. The molecule has 1 heteroatoms. The summed E-state index contributed by atoms with van der Waals surface area (Å²) >= 11 is -1.68. The van der Waals surface area contributed by atoms with E-state index in [1.54, 1.807) is 5.57 Å². The van der Waals surface area contributed by atoms with Gasteiger partial charge in [-0.25, -0.2) is 0 Å². The quantitative estimate of drug-likeness (QED) is 0.539. The summed E-state index contributed by atoms with van der Waals surface area (Å²) in [5, 5.41) is 0. The van der Waals surface area contributed by atoms with E-state index in [0.717, 1.165) is 3.93 Å². The van der Waals surface area contributed by atoms with Crippen molar-refractivity contribution in [2.45, 2.75) is 44.4 Å². The minimum atomic E-state index is -1.68. The fourth-order valence-electron chi connectivity index (χ4n) is 2.51. The first kappa shape index (κ1) is 13.2. The van der Waals surface area contributed by atoms with Gasteiger partial charge in [0.1, 0.15) is 0 Å². The molecule has 0 bridgehead atoms. The van der Waals surface area contributed by atoms with Crippen molar-refractivity contribution in [2.24, 2.45) is 0 Å². The molecule has 1 aliphatic carbocycles. The van der Waals surface area contributed by atoms with Crippen molar-refractivity contribution in [2.75, 3.05) is 0 Å². The number of rotatable bonds is 3. The Morgan fingerprint density at radius 3 is 2.06 bits per heavy atom. The molecule has 0 N–H and O–H groups in total. The minimum absolute atomic E-state index is 0.231. The molecule has 0 fully saturated rings. The van der Waals surface area contributed by atoms with Crippen molar-refractivity contribution in [1.29, 1.82) is 0 Å². The standard InChI is InChI=1S/C13H15.3CH3.Sn/c1-13(2,12-9-6-10-12)11-7-4-3-5-8-11;;;;/h3-9H,10H2,1-2H3;3*1H3;. The maximum absolute atomic E-state index is 2.59. The van der Waals surface area contributed by atoms with E-state index in [4.69, 9.17) is 0 Å². The summed E-state index contributed by atoms with van der Waals surface area (Å²) in [6.45, 7) is 4.73. The van der Waals surface area contributed by atoms with Crippen LogP contribution in [-0.2, 0) is 5.41 Å². The molecule has 1 aliphatic rings. The zero-order chi connectivity index (χ0) is 12.7. The number of hydrogen-bond donors (Lipinski definition) is 0. The van der Waals surface area contributed by atoms with Crippen LogP contribution < -0.4 is 0 Å². The molecular weight excluding hydrogens is 311 g/mol. The summed E-state index contributed by atoms with van der Waals surface area (Å²) in [4.78, 5) is 7.63. The van der Waals surface area contributed by atoms with E-state index < -0.39 is 18.4 Å². The van der Waals surface area contributed by atoms with E-state index in [-0.39, 0.29) is 5.41 Å². The molecule has 0 aromatic heterocycles. The van der Waals surface area contributed by atoms with Crippen LogP contribution in [0.5, 0.6) is 0 Å². The third-order valence-corrected chi connectivity index (χ3v) is 11.7. The molecule has 2 rings (SSSR count). The van der Waals surface area contributed by atoms with Crippen molar-refractivity contribution in [3.63, 3.8) is 0 Å². The van der Waals surface area contributed by atoms with Crippen molar-refractivity contribution in [3.8, 4) is 0 Å². The predicted octanol–water partition coefficient (Wildman–Crippen LogP) is 5.00. The van der Waals surface area contributed by atoms with Crippen molar-refractivity contribution in [1.82, 2.24) is 0 Å². The summed E-state index contributed by atoms with van der Waals surface area (Å²) in [6.07, 6.45) is 3.94. The van der Waals surface area contributed by atoms with Crippen molar-refractivity contribution < 1.29 is 0 Å². The monoisotopic (exact) mass is 336 g/mol. The maximum atomic E-state index is 2.59. The Morgan fingerprint density at radius 2 is 1.59 bits per heavy atom. The van der Waals surface area contributed by atoms with Crippen LogP contribution in [0.2, 0.25) is 18.8 Å². The fourth-order valence-corrected chi connectivity index (χ4v) is 6.88. The van der Waals surface area contributed by atoms with Crippen LogP contribution in [0.1, 0.15) is 25.8 Å². The summed E-state index contributed by atoms with van der Waals surface area (Å²) < 4.78 is 0.960.